The molecule has 2 atom stereocenters. The topological polar surface area (TPSA) is 40.0 Å². The molecule has 0 unspecified atom stereocenters. The summed E-state index contributed by atoms with van der Waals surface area (Å²) in [6, 6.07) is 0.897. The summed E-state index contributed by atoms with van der Waals surface area (Å²) in [5.74, 6) is 2.13. The van der Waals surface area contributed by atoms with Gasteiger partial charge in [-0.2, -0.15) is 0 Å². The molecule has 0 bridgehead atoms. The van der Waals surface area contributed by atoms with E-state index in [1.807, 2.05) is 11.8 Å². The van der Waals surface area contributed by atoms with Gasteiger partial charge in [-0.25, -0.2) is 0 Å². The Balaban J connectivity index is 1.67. The quantitative estimate of drug-likeness (QED) is 0.836. The summed E-state index contributed by atoms with van der Waals surface area (Å²) in [5.41, 5.74) is 1.49. The third kappa shape index (κ3) is 3.43. The van der Waals surface area contributed by atoms with Gasteiger partial charge in [-0.15, -0.1) is 0 Å². The summed E-state index contributed by atoms with van der Waals surface area (Å²) in [6.07, 6.45) is 0. The predicted molar refractivity (Wildman–Crippen MR) is 104 cm³/mol. The number of hydrogen-bond acceptors (Lipinski definition) is 6. The van der Waals surface area contributed by atoms with Crippen molar-refractivity contribution in [1.29, 1.82) is 0 Å². The second kappa shape index (κ2) is 6.36. The molecule has 23 heavy (non-hydrogen) atoms. The smallest absolute Gasteiger partial charge is 0.168 e. The first-order valence-electron chi connectivity index (χ1n) is 8.46. The van der Waals surface area contributed by atoms with Crippen molar-refractivity contribution in [2.24, 2.45) is 21.8 Å². The zero-order chi connectivity index (χ0) is 16.8. The van der Waals surface area contributed by atoms with Crippen molar-refractivity contribution in [1.82, 2.24) is 10.2 Å². The fourth-order valence-electron chi connectivity index (χ4n) is 3.33. The molecule has 0 radical (unpaired) electrons. The monoisotopic (exact) mass is 352 g/mol. The van der Waals surface area contributed by atoms with Gasteiger partial charge in [-0.05, 0) is 31.1 Å². The second-order valence-corrected chi connectivity index (χ2v) is 9.70. The Hall–Kier alpha value is -0.620. The van der Waals surface area contributed by atoms with Crippen LogP contribution in [0.1, 0.15) is 41.5 Å². The molecule has 3 aliphatic heterocycles. The Bertz CT molecular complexity index is 563. The normalized spacial score (nSPS) is 28.9. The van der Waals surface area contributed by atoms with Crippen molar-refractivity contribution in [2.75, 3.05) is 12.3 Å². The van der Waals surface area contributed by atoms with Crippen LogP contribution in [-0.4, -0.2) is 45.2 Å². The molecule has 1 N–H and O–H groups in total. The average Bonchev–Trinajstić information content (AvgIpc) is 3.09. The molecule has 0 saturated carbocycles. The van der Waals surface area contributed by atoms with Crippen molar-refractivity contribution in [3.05, 3.63) is 11.1 Å². The van der Waals surface area contributed by atoms with Crippen LogP contribution in [0.2, 0.25) is 0 Å². The summed E-state index contributed by atoms with van der Waals surface area (Å²) in [7, 11) is 0. The maximum absolute atomic E-state index is 5.00. The number of aliphatic imine (C=N–C) groups is 2. The lowest BCUT2D eigenvalue weighted by Crippen LogP contribution is -2.43. The predicted octanol–water partition coefficient (Wildman–Crippen LogP) is 3.77. The van der Waals surface area contributed by atoms with Crippen LogP contribution in [-0.2, 0) is 0 Å². The number of amidine groups is 2. The Morgan fingerprint density at radius 3 is 2.65 bits per heavy atom. The third-order valence-corrected chi connectivity index (χ3v) is 6.36. The largest absolute Gasteiger partial charge is 0.358 e. The van der Waals surface area contributed by atoms with E-state index in [2.05, 4.69) is 62.2 Å². The SMILES string of the molecule is CC(C)[C@@H]1N=C2SC=C(CSC3=NCC(C)(C)N3)N2[C@H]1C(C)C. The van der Waals surface area contributed by atoms with Gasteiger partial charge in [0, 0.05) is 11.4 Å². The molecule has 0 aromatic rings. The molecule has 4 nitrogen and oxygen atoms in total. The second-order valence-electron chi connectivity index (χ2n) is 7.90. The summed E-state index contributed by atoms with van der Waals surface area (Å²) in [4.78, 5) is 12.1. The van der Waals surface area contributed by atoms with Gasteiger partial charge in [-0.1, -0.05) is 51.2 Å². The lowest BCUT2D eigenvalue weighted by atomic mass is 9.89. The van der Waals surface area contributed by atoms with Gasteiger partial charge in [0.15, 0.2) is 10.3 Å². The van der Waals surface area contributed by atoms with Crippen LogP contribution in [0.25, 0.3) is 0 Å². The highest BCUT2D eigenvalue weighted by Crippen LogP contribution is 2.41. The van der Waals surface area contributed by atoms with Crippen LogP contribution < -0.4 is 5.32 Å². The van der Waals surface area contributed by atoms with E-state index in [4.69, 9.17) is 4.99 Å². The fourth-order valence-corrected chi connectivity index (χ4v) is 5.42. The van der Waals surface area contributed by atoms with E-state index in [1.54, 1.807) is 11.8 Å². The molecule has 0 aromatic heterocycles. The number of nitrogens with zero attached hydrogens (tertiary/aromatic N) is 3. The van der Waals surface area contributed by atoms with Gasteiger partial charge in [0.2, 0.25) is 0 Å². The van der Waals surface area contributed by atoms with Crippen molar-refractivity contribution >= 4 is 33.9 Å². The first-order chi connectivity index (χ1) is 10.8. The van der Waals surface area contributed by atoms with E-state index < -0.39 is 0 Å². The van der Waals surface area contributed by atoms with E-state index in [9.17, 15) is 0 Å². The maximum Gasteiger partial charge on any atom is 0.168 e. The molecule has 0 amide bonds. The van der Waals surface area contributed by atoms with Crippen molar-refractivity contribution < 1.29 is 0 Å². The summed E-state index contributed by atoms with van der Waals surface area (Å²) in [6.45, 7) is 14.5. The minimum Gasteiger partial charge on any atom is -0.358 e. The first kappa shape index (κ1) is 17.2. The number of hydrogen-bond donors (Lipinski definition) is 1. The van der Waals surface area contributed by atoms with Crippen molar-refractivity contribution in [2.45, 2.75) is 59.2 Å². The Kier molecular flexibility index (Phi) is 4.76. The Morgan fingerprint density at radius 1 is 1.35 bits per heavy atom. The van der Waals surface area contributed by atoms with E-state index in [-0.39, 0.29) is 5.54 Å². The maximum atomic E-state index is 5.00. The van der Waals surface area contributed by atoms with E-state index in [0.717, 1.165) is 17.5 Å². The van der Waals surface area contributed by atoms with Gasteiger partial charge < -0.3 is 10.2 Å². The molecule has 0 aliphatic carbocycles. The Labute approximate surface area is 148 Å². The minimum absolute atomic E-state index is 0.102. The first-order valence-corrected chi connectivity index (χ1v) is 10.3. The van der Waals surface area contributed by atoms with Crippen LogP contribution >= 0.6 is 23.5 Å². The summed E-state index contributed by atoms with van der Waals surface area (Å²) >= 11 is 3.60. The number of thioether (sulfide) groups is 2. The van der Waals surface area contributed by atoms with Gasteiger partial charge in [-0.3, -0.25) is 9.98 Å². The lowest BCUT2D eigenvalue weighted by molar-refractivity contribution is 0.251. The summed E-state index contributed by atoms with van der Waals surface area (Å²) in [5, 5.41) is 8.05. The Morgan fingerprint density at radius 2 is 2.09 bits per heavy atom. The highest BCUT2D eigenvalue weighted by Gasteiger charge is 2.43. The lowest BCUT2D eigenvalue weighted by Gasteiger charge is -2.33. The van der Waals surface area contributed by atoms with Crippen molar-refractivity contribution in [3.63, 3.8) is 0 Å². The van der Waals surface area contributed by atoms with Crippen LogP contribution in [0.3, 0.4) is 0 Å². The van der Waals surface area contributed by atoms with Gasteiger partial charge in [0.1, 0.15) is 0 Å². The zero-order valence-corrected chi connectivity index (χ0v) is 16.6. The molecule has 3 heterocycles. The standard InChI is InChI=1S/C17H28N4S2/c1-10(2)13-14(11(3)4)21-12(8-23-16(21)19-13)7-22-15-18-9-17(5,6)20-15/h8,10-11,13-14H,7,9H2,1-6H3,(H,18,20)/t13-,14-/m0/s1. The molecule has 0 aromatic carbocycles. The highest BCUT2D eigenvalue weighted by atomic mass is 32.2. The van der Waals surface area contributed by atoms with Gasteiger partial charge in [0.25, 0.3) is 0 Å². The molecule has 0 spiro atoms. The number of rotatable bonds is 4. The molecule has 128 valence electrons. The van der Waals surface area contributed by atoms with Crippen LogP contribution in [0, 0.1) is 11.8 Å². The molecular weight excluding hydrogens is 324 g/mol. The number of nitrogens with one attached hydrogen (secondary N) is 1. The zero-order valence-electron chi connectivity index (χ0n) is 15.0. The minimum atomic E-state index is 0.102. The van der Waals surface area contributed by atoms with Crippen molar-refractivity contribution in [3.8, 4) is 0 Å². The van der Waals surface area contributed by atoms with Crippen LogP contribution in [0.15, 0.2) is 21.1 Å². The third-order valence-electron chi connectivity index (χ3n) is 4.51. The molecule has 0 fully saturated rings. The molecular formula is C17H28N4S2. The molecule has 6 heteroatoms. The van der Waals surface area contributed by atoms with Crippen LogP contribution in [0.4, 0.5) is 0 Å². The highest BCUT2D eigenvalue weighted by molar-refractivity contribution is 8.17. The molecule has 3 rings (SSSR count). The molecule has 3 aliphatic rings. The van der Waals surface area contributed by atoms with Gasteiger partial charge in [0.05, 0.1) is 24.2 Å². The fraction of sp³-hybridized carbons (Fsp3) is 0.765. The average molecular weight is 353 g/mol. The van der Waals surface area contributed by atoms with E-state index in [0.29, 0.717) is 23.9 Å². The van der Waals surface area contributed by atoms with Gasteiger partial charge >= 0.3 is 0 Å². The number of fused-ring (bicyclic) bond motifs is 1. The van der Waals surface area contributed by atoms with E-state index >= 15 is 0 Å². The van der Waals surface area contributed by atoms with E-state index in [1.165, 1.54) is 10.9 Å². The summed E-state index contributed by atoms with van der Waals surface area (Å²) < 4.78 is 0. The van der Waals surface area contributed by atoms with Crippen LogP contribution in [0.5, 0.6) is 0 Å². The molecule has 0 saturated heterocycles.